The Labute approximate surface area is 295 Å². The summed E-state index contributed by atoms with van der Waals surface area (Å²) in [6.07, 6.45) is 14.6. The zero-order chi connectivity index (χ0) is 35.9. The van der Waals surface area contributed by atoms with E-state index in [2.05, 4.69) is 20.8 Å². The van der Waals surface area contributed by atoms with Gasteiger partial charge in [0, 0.05) is 0 Å². The molecule has 0 N–H and O–H groups in total. The number of hydrogen-bond acceptors (Lipinski definition) is 8. The fourth-order valence-corrected chi connectivity index (χ4v) is 11.3. The van der Waals surface area contributed by atoms with E-state index < -0.39 is 10.8 Å². The monoisotopic (exact) mass is 686 g/mol. The minimum atomic E-state index is -0.557. The third kappa shape index (κ3) is 7.45. The fraction of sp³-hybridized carbons (Fsp3) is 0.902. The van der Waals surface area contributed by atoms with E-state index in [0.29, 0.717) is 42.4 Å². The Balaban J connectivity index is 0.000000191. The average Bonchev–Trinajstić information content (AvgIpc) is 3.05. The SMILES string of the molecule is CCC(C)(C)C(=O)OCC(=O)OC1(C(C)C)C2CC3CC(C2)CC1C3.CCC(C)(C)C(=O)OCC(=O)OC1(CC)C2CC3CC(C2)CC1C3. The minimum Gasteiger partial charge on any atom is -0.456 e. The smallest absolute Gasteiger partial charge is 0.344 e. The topological polar surface area (TPSA) is 105 Å². The third-order valence-corrected chi connectivity index (χ3v) is 14.5. The molecule has 8 aliphatic carbocycles. The fourth-order valence-electron chi connectivity index (χ4n) is 11.3. The van der Waals surface area contributed by atoms with Gasteiger partial charge in [0.2, 0.25) is 0 Å². The van der Waals surface area contributed by atoms with Gasteiger partial charge >= 0.3 is 23.9 Å². The molecular weight excluding hydrogens is 620 g/mol. The highest BCUT2D eigenvalue weighted by molar-refractivity contribution is 5.80. The Kier molecular flexibility index (Phi) is 11.3. The van der Waals surface area contributed by atoms with Gasteiger partial charge < -0.3 is 18.9 Å². The Morgan fingerprint density at radius 2 is 0.918 bits per heavy atom. The molecule has 278 valence electrons. The largest absolute Gasteiger partial charge is 0.456 e. The summed E-state index contributed by atoms with van der Waals surface area (Å²) in [5.74, 6) is 4.23. The maximum Gasteiger partial charge on any atom is 0.344 e. The summed E-state index contributed by atoms with van der Waals surface area (Å²) in [4.78, 5) is 49.2. The molecule has 0 aromatic rings. The summed E-state index contributed by atoms with van der Waals surface area (Å²) in [6.45, 7) is 17.2. The van der Waals surface area contributed by atoms with E-state index in [-0.39, 0.29) is 48.3 Å². The highest BCUT2D eigenvalue weighted by atomic mass is 16.6. The lowest BCUT2D eigenvalue weighted by molar-refractivity contribution is -0.228. The van der Waals surface area contributed by atoms with Gasteiger partial charge in [-0.15, -0.1) is 0 Å². The van der Waals surface area contributed by atoms with Crippen LogP contribution in [0.2, 0.25) is 0 Å². The van der Waals surface area contributed by atoms with Gasteiger partial charge in [0.05, 0.1) is 10.8 Å². The molecule has 8 bridgehead atoms. The number of carbonyl (C=O) groups is 4. The molecule has 8 aliphatic rings. The van der Waals surface area contributed by atoms with Crippen LogP contribution >= 0.6 is 0 Å². The van der Waals surface area contributed by atoms with Gasteiger partial charge in [-0.3, -0.25) is 9.59 Å². The first-order valence-electron chi connectivity index (χ1n) is 19.8. The van der Waals surface area contributed by atoms with E-state index in [4.69, 9.17) is 18.9 Å². The molecule has 0 saturated heterocycles. The molecule has 0 spiro atoms. The van der Waals surface area contributed by atoms with E-state index in [0.717, 1.165) is 30.1 Å². The van der Waals surface area contributed by atoms with Crippen LogP contribution in [0.1, 0.15) is 146 Å². The summed E-state index contributed by atoms with van der Waals surface area (Å²) >= 11 is 0. The molecule has 0 heterocycles. The van der Waals surface area contributed by atoms with Crippen LogP contribution in [0.25, 0.3) is 0 Å². The maximum atomic E-state index is 12.6. The summed E-state index contributed by atoms with van der Waals surface area (Å²) in [7, 11) is 0. The van der Waals surface area contributed by atoms with Crippen molar-refractivity contribution in [2.45, 2.75) is 157 Å². The minimum absolute atomic E-state index is 0.254. The Morgan fingerprint density at radius 3 is 1.24 bits per heavy atom. The lowest BCUT2D eigenvalue weighted by Crippen LogP contribution is -2.62. The quantitative estimate of drug-likeness (QED) is 0.149. The summed E-state index contributed by atoms with van der Waals surface area (Å²) in [5, 5.41) is 0. The van der Waals surface area contributed by atoms with Gasteiger partial charge in [-0.05, 0) is 164 Å². The molecule has 0 atom stereocenters. The van der Waals surface area contributed by atoms with E-state index in [1.165, 1.54) is 64.2 Å². The van der Waals surface area contributed by atoms with Crippen molar-refractivity contribution >= 4 is 23.9 Å². The maximum absolute atomic E-state index is 12.6. The standard InChI is InChI=1S/C21H34O4.C20H32O4/c1-6-20(4,5)19(23)24-12-18(22)25-21(13(2)3)16-8-14-7-15(10-16)11-17(21)9-14;1-5-19(3,4)18(22)23-12-17(21)24-20(6-2)15-8-13-7-14(10-15)11-16(20)9-13/h13-17H,6-12H2,1-5H3;13-16H,5-12H2,1-4H3. The molecule has 0 aromatic carbocycles. The molecule has 8 nitrogen and oxygen atoms in total. The van der Waals surface area contributed by atoms with Crippen molar-refractivity contribution in [3.05, 3.63) is 0 Å². The van der Waals surface area contributed by atoms with Crippen molar-refractivity contribution < 1.29 is 38.1 Å². The van der Waals surface area contributed by atoms with Crippen molar-refractivity contribution in [3.63, 3.8) is 0 Å². The second-order valence-electron chi connectivity index (χ2n) is 18.5. The van der Waals surface area contributed by atoms with Gasteiger partial charge in [-0.2, -0.15) is 0 Å². The molecule has 0 radical (unpaired) electrons. The number of rotatable bonds is 12. The third-order valence-electron chi connectivity index (χ3n) is 14.5. The first kappa shape index (κ1) is 38.1. The van der Waals surface area contributed by atoms with Gasteiger partial charge in [0.25, 0.3) is 0 Å². The highest BCUT2D eigenvalue weighted by Crippen LogP contribution is 2.62. The van der Waals surface area contributed by atoms with Gasteiger partial charge in [0.1, 0.15) is 11.2 Å². The highest BCUT2D eigenvalue weighted by Gasteiger charge is 2.61. The molecule has 49 heavy (non-hydrogen) atoms. The summed E-state index contributed by atoms with van der Waals surface area (Å²) in [5.41, 5.74) is -1.77. The second-order valence-corrected chi connectivity index (χ2v) is 18.5. The number of ether oxygens (including phenoxy) is 4. The predicted octanol–water partition coefficient (Wildman–Crippen LogP) is 8.47. The lowest BCUT2D eigenvalue weighted by Gasteiger charge is -2.61. The van der Waals surface area contributed by atoms with Crippen LogP contribution < -0.4 is 0 Å². The molecular formula is C41H66O8. The molecule has 8 rings (SSSR count). The van der Waals surface area contributed by atoms with E-state index in [1.807, 2.05) is 41.5 Å². The van der Waals surface area contributed by atoms with Crippen molar-refractivity contribution in [1.29, 1.82) is 0 Å². The van der Waals surface area contributed by atoms with Crippen LogP contribution in [-0.2, 0) is 38.1 Å². The Morgan fingerprint density at radius 1 is 0.571 bits per heavy atom. The van der Waals surface area contributed by atoms with Gasteiger partial charge in [-0.1, -0.05) is 34.6 Å². The van der Waals surface area contributed by atoms with E-state index in [1.54, 1.807) is 0 Å². The van der Waals surface area contributed by atoms with Crippen molar-refractivity contribution in [2.75, 3.05) is 13.2 Å². The zero-order valence-electron chi connectivity index (χ0n) is 32.1. The van der Waals surface area contributed by atoms with E-state index >= 15 is 0 Å². The van der Waals surface area contributed by atoms with Crippen LogP contribution in [0, 0.1) is 64.1 Å². The van der Waals surface area contributed by atoms with Gasteiger partial charge in [-0.25, -0.2) is 9.59 Å². The predicted molar refractivity (Wildman–Crippen MR) is 187 cm³/mol. The van der Waals surface area contributed by atoms with Gasteiger partial charge in [0.15, 0.2) is 13.2 Å². The number of hydrogen-bond donors (Lipinski definition) is 0. The first-order valence-corrected chi connectivity index (χ1v) is 19.8. The molecule has 0 aromatic heterocycles. The van der Waals surface area contributed by atoms with Crippen LogP contribution in [0.15, 0.2) is 0 Å². The van der Waals surface area contributed by atoms with Crippen LogP contribution in [0.5, 0.6) is 0 Å². The summed E-state index contributed by atoms with van der Waals surface area (Å²) in [6, 6.07) is 0. The number of esters is 4. The van der Waals surface area contributed by atoms with Crippen molar-refractivity contribution in [3.8, 4) is 0 Å². The van der Waals surface area contributed by atoms with Crippen molar-refractivity contribution in [1.82, 2.24) is 0 Å². The molecule has 8 fully saturated rings. The van der Waals surface area contributed by atoms with Crippen LogP contribution in [-0.4, -0.2) is 48.3 Å². The van der Waals surface area contributed by atoms with Crippen molar-refractivity contribution in [2.24, 2.45) is 64.1 Å². The molecule has 8 saturated carbocycles. The molecule has 8 heteroatoms. The first-order chi connectivity index (χ1) is 23.0. The zero-order valence-corrected chi connectivity index (χ0v) is 32.1. The Bertz CT molecular complexity index is 1170. The number of carbonyl (C=O) groups excluding carboxylic acids is 4. The molecule has 0 aliphatic heterocycles. The average molecular weight is 687 g/mol. The lowest BCUT2D eigenvalue weighted by atomic mass is 9.47. The molecule has 0 amide bonds. The van der Waals surface area contributed by atoms with E-state index in [9.17, 15) is 19.2 Å². The second kappa shape index (κ2) is 14.5. The Hall–Kier alpha value is -2.12. The molecule has 0 unspecified atom stereocenters. The summed E-state index contributed by atoms with van der Waals surface area (Å²) < 4.78 is 22.7. The van der Waals surface area contributed by atoms with Crippen LogP contribution in [0.3, 0.4) is 0 Å². The normalized spacial score (nSPS) is 36.9. The van der Waals surface area contributed by atoms with Crippen LogP contribution in [0.4, 0.5) is 0 Å².